The first-order valence-corrected chi connectivity index (χ1v) is 10.9. The van der Waals surface area contributed by atoms with Crippen LogP contribution in [0.15, 0.2) is 21.8 Å². The van der Waals surface area contributed by atoms with E-state index in [1.54, 1.807) is 13.3 Å². The number of morpholine rings is 1. The van der Waals surface area contributed by atoms with Gasteiger partial charge in [-0.2, -0.15) is 0 Å². The molecule has 0 aromatic carbocycles. The van der Waals surface area contributed by atoms with Gasteiger partial charge in [0, 0.05) is 57.8 Å². The van der Waals surface area contributed by atoms with Crippen molar-refractivity contribution in [3.05, 3.63) is 17.5 Å². The molecule has 1 saturated heterocycles. The van der Waals surface area contributed by atoms with Crippen LogP contribution in [-0.2, 0) is 11.3 Å². The lowest BCUT2D eigenvalue weighted by molar-refractivity contribution is 0.0680. The van der Waals surface area contributed by atoms with E-state index in [-0.39, 0.29) is 6.17 Å². The summed E-state index contributed by atoms with van der Waals surface area (Å²) in [5.74, 6) is 3.04. The van der Waals surface area contributed by atoms with Crippen molar-refractivity contribution >= 4 is 23.8 Å². The topological polar surface area (TPSA) is 143 Å². The zero-order chi connectivity index (χ0) is 22.2. The van der Waals surface area contributed by atoms with Crippen LogP contribution in [0.25, 0.3) is 0 Å². The van der Waals surface area contributed by atoms with Crippen LogP contribution < -0.4 is 27.4 Å². The van der Waals surface area contributed by atoms with E-state index in [2.05, 4.69) is 44.3 Å². The molecule has 11 nitrogen and oxygen atoms in total. The standard InChI is InChI=1S/C20H36N10O/c1-14(2)12-30-19-16(26-20(30)25-5-4-21)18(29-6-8-31-9-7-29)27-17(28-19)15(10-23-3)11-24-13-22/h10-11,14,17,24,28H,4-9,12-13,21-22H2,1-3H3,(H,25,26). The van der Waals surface area contributed by atoms with Gasteiger partial charge in [-0.1, -0.05) is 13.8 Å². The quantitative estimate of drug-likeness (QED) is 0.267. The lowest BCUT2D eigenvalue weighted by Gasteiger charge is -2.33. The normalized spacial score (nSPS) is 19.4. The summed E-state index contributed by atoms with van der Waals surface area (Å²) in [5.41, 5.74) is 13.1. The highest BCUT2D eigenvalue weighted by Crippen LogP contribution is 2.30. The number of nitrogens with zero attached hydrogens (tertiary/aromatic N) is 5. The molecule has 3 heterocycles. The Hall–Kier alpha value is -2.63. The zero-order valence-corrected chi connectivity index (χ0v) is 18.8. The molecule has 0 aliphatic carbocycles. The van der Waals surface area contributed by atoms with Crippen molar-refractivity contribution in [2.75, 3.05) is 63.7 Å². The number of fused-ring (bicyclic) bond motifs is 1. The number of hydrogen-bond donors (Lipinski definition) is 5. The van der Waals surface area contributed by atoms with Crippen LogP contribution >= 0.6 is 0 Å². The fourth-order valence-electron chi connectivity index (χ4n) is 3.64. The van der Waals surface area contributed by atoms with E-state index in [0.717, 1.165) is 48.5 Å². The molecule has 1 unspecified atom stereocenters. The molecule has 0 amide bonds. The molecule has 2 aliphatic heterocycles. The first-order valence-electron chi connectivity index (χ1n) is 10.9. The minimum atomic E-state index is -0.321. The monoisotopic (exact) mass is 432 g/mol. The lowest BCUT2D eigenvalue weighted by Crippen LogP contribution is -2.44. The summed E-state index contributed by atoms with van der Waals surface area (Å²) in [6, 6.07) is 0. The van der Waals surface area contributed by atoms with Gasteiger partial charge in [-0.05, 0) is 5.92 Å². The molecule has 3 rings (SSSR count). The van der Waals surface area contributed by atoms with Crippen molar-refractivity contribution in [2.24, 2.45) is 27.4 Å². The van der Waals surface area contributed by atoms with Gasteiger partial charge in [0.1, 0.15) is 11.5 Å². The van der Waals surface area contributed by atoms with Crippen LogP contribution in [0.1, 0.15) is 19.5 Å². The molecule has 0 radical (unpaired) electrons. The van der Waals surface area contributed by atoms with Crippen molar-refractivity contribution in [2.45, 2.75) is 26.6 Å². The average molecular weight is 433 g/mol. The Balaban J connectivity index is 2.08. The van der Waals surface area contributed by atoms with E-state index in [9.17, 15) is 0 Å². The fraction of sp³-hybridized carbons (Fsp3) is 0.650. The van der Waals surface area contributed by atoms with Crippen LogP contribution in [0, 0.1) is 5.92 Å². The third kappa shape index (κ3) is 5.54. The molecule has 31 heavy (non-hydrogen) atoms. The SMILES string of the molecule is CN=CC(=CNCN)C1N=C(N2CCOCC2)c2nc(NCCN)n(CC(C)C)c2N1. The zero-order valence-electron chi connectivity index (χ0n) is 18.8. The summed E-state index contributed by atoms with van der Waals surface area (Å²) in [6.45, 7) is 9.60. The molecule has 0 saturated carbocycles. The van der Waals surface area contributed by atoms with Gasteiger partial charge in [0.25, 0.3) is 0 Å². The Morgan fingerprint density at radius 2 is 2.13 bits per heavy atom. The largest absolute Gasteiger partial charge is 0.378 e. The summed E-state index contributed by atoms with van der Waals surface area (Å²) in [7, 11) is 1.75. The second-order valence-corrected chi connectivity index (χ2v) is 7.89. The second kappa shape index (κ2) is 11.1. The maximum atomic E-state index is 5.74. The summed E-state index contributed by atoms with van der Waals surface area (Å²) in [5, 5.41) is 10.0. The smallest absolute Gasteiger partial charge is 0.205 e. The molecular weight excluding hydrogens is 396 g/mol. The van der Waals surface area contributed by atoms with Gasteiger partial charge in [0.15, 0.2) is 12.0 Å². The Bertz CT molecular complexity index is 807. The minimum absolute atomic E-state index is 0.321. The van der Waals surface area contributed by atoms with Crippen LogP contribution in [0.2, 0.25) is 0 Å². The molecule has 1 fully saturated rings. The molecular formula is C20H36N10O. The maximum Gasteiger partial charge on any atom is 0.205 e. The van der Waals surface area contributed by atoms with Crippen LogP contribution in [0.4, 0.5) is 11.8 Å². The minimum Gasteiger partial charge on any atom is -0.378 e. The Labute approximate surface area is 184 Å². The number of hydrogen-bond acceptors (Lipinski definition) is 10. The summed E-state index contributed by atoms with van der Waals surface area (Å²) in [4.78, 5) is 16.4. The number of imidazole rings is 1. The number of aromatic nitrogens is 2. The lowest BCUT2D eigenvalue weighted by atomic mass is 10.1. The van der Waals surface area contributed by atoms with E-state index in [0.29, 0.717) is 38.9 Å². The molecule has 7 N–H and O–H groups in total. The predicted molar refractivity (Wildman–Crippen MR) is 126 cm³/mol. The molecule has 1 aromatic heterocycles. The first kappa shape index (κ1) is 23.0. The fourth-order valence-corrected chi connectivity index (χ4v) is 3.64. The summed E-state index contributed by atoms with van der Waals surface area (Å²) >= 11 is 0. The molecule has 172 valence electrons. The number of aliphatic imine (C=N–C) groups is 2. The maximum absolute atomic E-state index is 5.74. The van der Waals surface area contributed by atoms with Gasteiger partial charge >= 0.3 is 0 Å². The molecule has 11 heteroatoms. The number of nitrogens with two attached hydrogens (primary N) is 2. The van der Waals surface area contributed by atoms with E-state index in [4.69, 9.17) is 26.2 Å². The molecule has 1 atom stereocenters. The van der Waals surface area contributed by atoms with E-state index < -0.39 is 0 Å². The number of nitrogens with one attached hydrogen (secondary N) is 3. The van der Waals surface area contributed by atoms with E-state index in [1.807, 2.05) is 6.20 Å². The molecule has 2 aliphatic rings. The highest BCUT2D eigenvalue weighted by molar-refractivity contribution is 6.04. The van der Waals surface area contributed by atoms with Crippen molar-refractivity contribution in [1.29, 1.82) is 0 Å². The Morgan fingerprint density at radius 3 is 2.77 bits per heavy atom. The molecule has 1 aromatic rings. The van der Waals surface area contributed by atoms with Crippen molar-refractivity contribution in [1.82, 2.24) is 19.8 Å². The number of anilines is 2. The summed E-state index contributed by atoms with van der Waals surface area (Å²) in [6.07, 6.45) is 3.33. The van der Waals surface area contributed by atoms with Gasteiger partial charge in [-0.15, -0.1) is 0 Å². The van der Waals surface area contributed by atoms with E-state index >= 15 is 0 Å². The molecule has 0 spiro atoms. The van der Waals surface area contributed by atoms with Crippen molar-refractivity contribution in [3.63, 3.8) is 0 Å². The number of amidine groups is 1. The van der Waals surface area contributed by atoms with Gasteiger partial charge < -0.3 is 37.1 Å². The Morgan fingerprint density at radius 1 is 1.35 bits per heavy atom. The van der Waals surface area contributed by atoms with Gasteiger partial charge in [0.2, 0.25) is 5.95 Å². The third-order valence-electron chi connectivity index (χ3n) is 4.97. The van der Waals surface area contributed by atoms with Gasteiger partial charge in [-0.25, -0.2) is 9.98 Å². The highest BCUT2D eigenvalue weighted by Gasteiger charge is 2.32. The highest BCUT2D eigenvalue weighted by atomic mass is 16.5. The number of ether oxygens (including phenoxy) is 1. The van der Waals surface area contributed by atoms with Crippen LogP contribution in [0.3, 0.4) is 0 Å². The predicted octanol–water partition coefficient (Wildman–Crippen LogP) is -0.170. The van der Waals surface area contributed by atoms with Crippen molar-refractivity contribution in [3.8, 4) is 0 Å². The second-order valence-electron chi connectivity index (χ2n) is 7.89. The van der Waals surface area contributed by atoms with Gasteiger partial charge in [0.05, 0.1) is 19.9 Å². The van der Waals surface area contributed by atoms with Gasteiger partial charge in [-0.3, -0.25) is 9.56 Å². The first-order chi connectivity index (χ1) is 15.1. The van der Waals surface area contributed by atoms with Crippen LogP contribution in [0.5, 0.6) is 0 Å². The molecule has 0 bridgehead atoms. The Kier molecular flexibility index (Phi) is 8.27. The average Bonchev–Trinajstić information content (AvgIpc) is 3.11. The third-order valence-corrected chi connectivity index (χ3v) is 4.97. The summed E-state index contributed by atoms with van der Waals surface area (Å²) < 4.78 is 7.75. The van der Waals surface area contributed by atoms with Crippen molar-refractivity contribution < 1.29 is 4.74 Å². The van der Waals surface area contributed by atoms with Crippen LogP contribution in [-0.4, -0.2) is 85.8 Å². The number of rotatable bonds is 9. The van der Waals surface area contributed by atoms with E-state index in [1.165, 1.54) is 0 Å².